The van der Waals surface area contributed by atoms with Crippen molar-refractivity contribution >= 4 is 16.7 Å². The summed E-state index contributed by atoms with van der Waals surface area (Å²) in [5, 5.41) is 5.17. The molecule has 3 aromatic rings. The number of nitrogens with one attached hydrogen (secondary N) is 1. The van der Waals surface area contributed by atoms with Crippen LogP contribution in [0, 0.1) is 6.92 Å². The van der Waals surface area contributed by atoms with Crippen LogP contribution in [0.5, 0.6) is 11.5 Å². The predicted molar refractivity (Wildman–Crippen MR) is 114 cm³/mol. The van der Waals surface area contributed by atoms with Crippen LogP contribution in [0.1, 0.15) is 41.3 Å². The summed E-state index contributed by atoms with van der Waals surface area (Å²) < 4.78 is 11.4. The number of hydrogen-bond acceptors (Lipinski definition) is 3. The van der Waals surface area contributed by atoms with Gasteiger partial charge < -0.3 is 14.8 Å². The van der Waals surface area contributed by atoms with Crippen molar-refractivity contribution in [1.82, 2.24) is 5.32 Å². The van der Waals surface area contributed by atoms with Crippen molar-refractivity contribution in [1.29, 1.82) is 0 Å². The molecule has 146 valence electrons. The van der Waals surface area contributed by atoms with E-state index in [0.29, 0.717) is 18.7 Å². The SMILES string of the molecule is COc1cc(C)c(C(=O)NCCOc2cccc3ccccc23)cc1C(C)C. The third-order valence-corrected chi connectivity index (χ3v) is 4.84. The van der Waals surface area contributed by atoms with Gasteiger partial charge in [0, 0.05) is 10.9 Å². The zero-order chi connectivity index (χ0) is 20.1. The smallest absolute Gasteiger partial charge is 0.251 e. The largest absolute Gasteiger partial charge is 0.496 e. The first-order valence-electron chi connectivity index (χ1n) is 9.58. The fraction of sp³-hybridized carbons (Fsp3) is 0.292. The minimum absolute atomic E-state index is 0.0939. The average Bonchev–Trinajstić information content (AvgIpc) is 2.70. The monoisotopic (exact) mass is 377 g/mol. The number of ether oxygens (including phenoxy) is 2. The van der Waals surface area contributed by atoms with Gasteiger partial charge in [0.15, 0.2) is 0 Å². The zero-order valence-corrected chi connectivity index (χ0v) is 16.9. The second kappa shape index (κ2) is 8.79. The van der Waals surface area contributed by atoms with Gasteiger partial charge in [-0.1, -0.05) is 50.2 Å². The topological polar surface area (TPSA) is 47.6 Å². The Morgan fingerprint density at radius 1 is 1.04 bits per heavy atom. The van der Waals surface area contributed by atoms with Crippen molar-refractivity contribution in [2.45, 2.75) is 26.7 Å². The highest BCUT2D eigenvalue weighted by molar-refractivity contribution is 5.96. The van der Waals surface area contributed by atoms with E-state index in [2.05, 4.69) is 31.3 Å². The molecule has 28 heavy (non-hydrogen) atoms. The molecule has 0 aliphatic heterocycles. The first kappa shape index (κ1) is 19.7. The predicted octanol–water partition coefficient (Wildman–Crippen LogP) is 5.09. The van der Waals surface area contributed by atoms with E-state index in [-0.39, 0.29) is 11.8 Å². The van der Waals surface area contributed by atoms with Gasteiger partial charge in [-0.3, -0.25) is 4.79 Å². The minimum atomic E-state index is -0.0939. The van der Waals surface area contributed by atoms with E-state index >= 15 is 0 Å². The normalized spacial score (nSPS) is 10.9. The lowest BCUT2D eigenvalue weighted by molar-refractivity contribution is 0.0946. The van der Waals surface area contributed by atoms with Crippen molar-refractivity contribution < 1.29 is 14.3 Å². The van der Waals surface area contributed by atoms with Crippen LogP contribution in [0.25, 0.3) is 10.8 Å². The minimum Gasteiger partial charge on any atom is -0.496 e. The van der Waals surface area contributed by atoms with E-state index in [4.69, 9.17) is 9.47 Å². The van der Waals surface area contributed by atoms with Crippen LogP contribution in [-0.2, 0) is 0 Å². The molecular weight excluding hydrogens is 350 g/mol. The van der Waals surface area contributed by atoms with Gasteiger partial charge in [0.1, 0.15) is 18.1 Å². The molecule has 0 aromatic heterocycles. The van der Waals surface area contributed by atoms with E-state index in [1.54, 1.807) is 7.11 Å². The molecule has 4 nitrogen and oxygen atoms in total. The van der Waals surface area contributed by atoms with Gasteiger partial charge in [0.05, 0.1) is 13.7 Å². The van der Waals surface area contributed by atoms with Gasteiger partial charge in [0.2, 0.25) is 0 Å². The van der Waals surface area contributed by atoms with Crippen LogP contribution in [0.15, 0.2) is 54.6 Å². The molecule has 1 amide bonds. The summed E-state index contributed by atoms with van der Waals surface area (Å²) in [4.78, 5) is 12.7. The summed E-state index contributed by atoms with van der Waals surface area (Å²) in [7, 11) is 1.66. The Balaban J connectivity index is 1.64. The number of methoxy groups -OCH3 is 1. The zero-order valence-electron chi connectivity index (χ0n) is 16.9. The number of rotatable bonds is 7. The van der Waals surface area contributed by atoms with E-state index in [9.17, 15) is 4.79 Å². The maximum atomic E-state index is 12.7. The molecule has 0 aliphatic rings. The molecule has 4 heteroatoms. The van der Waals surface area contributed by atoms with Crippen LogP contribution in [0.3, 0.4) is 0 Å². The van der Waals surface area contributed by atoms with Gasteiger partial charge in [-0.2, -0.15) is 0 Å². The lowest BCUT2D eigenvalue weighted by Gasteiger charge is -2.16. The standard InChI is InChI=1S/C24H27NO3/c1-16(2)20-15-21(17(3)14-23(20)27-4)24(26)25-12-13-28-22-11-7-9-18-8-5-6-10-19(18)22/h5-11,14-16H,12-13H2,1-4H3,(H,25,26). The fourth-order valence-corrected chi connectivity index (χ4v) is 3.31. The molecule has 1 N–H and O–H groups in total. The highest BCUT2D eigenvalue weighted by Gasteiger charge is 2.15. The molecule has 0 spiro atoms. The molecule has 0 fully saturated rings. The van der Waals surface area contributed by atoms with Crippen molar-refractivity contribution in [3.8, 4) is 11.5 Å². The Bertz CT molecular complexity index is 973. The lowest BCUT2D eigenvalue weighted by Crippen LogP contribution is -2.28. The van der Waals surface area contributed by atoms with Gasteiger partial charge in [-0.15, -0.1) is 0 Å². The van der Waals surface area contributed by atoms with Crippen LogP contribution >= 0.6 is 0 Å². The van der Waals surface area contributed by atoms with Crippen LogP contribution in [-0.4, -0.2) is 26.2 Å². The summed E-state index contributed by atoms with van der Waals surface area (Å²) in [6, 6.07) is 17.9. The summed E-state index contributed by atoms with van der Waals surface area (Å²) >= 11 is 0. The molecule has 3 rings (SSSR count). The van der Waals surface area contributed by atoms with Crippen LogP contribution in [0.2, 0.25) is 0 Å². The molecule has 0 saturated heterocycles. The van der Waals surface area contributed by atoms with E-state index in [1.807, 2.05) is 49.4 Å². The van der Waals surface area contributed by atoms with Crippen molar-refractivity contribution in [2.24, 2.45) is 0 Å². The quantitative estimate of drug-likeness (QED) is 0.584. The molecule has 3 aromatic carbocycles. The molecule has 0 radical (unpaired) electrons. The number of hydrogen-bond donors (Lipinski definition) is 1. The second-order valence-electron chi connectivity index (χ2n) is 7.15. The summed E-state index contributed by atoms with van der Waals surface area (Å²) in [6.45, 7) is 6.95. The molecule has 0 aliphatic carbocycles. The summed E-state index contributed by atoms with van der Waals surface area (Å²) in [5.41, 5.74) is 2.61. The number of benzene rings is 3. The molecule has 0 atom stereocenters. The highest BCUT2D eigenvalue weighted by Crippen LogP contribution is 2.29. The van der Waals surface area contributed by atoms with Crippen LogP contribution in [0.4, 0.5) is 0 Å². The van der Waals surface area contributed by atoms with E-state index in [1.165, 1.54) is 0 Å². The Kier molecular flexibility index (Phi) is 6.19. The van der Waals surface area contributed by atoms with E-state index in [0.717, 1.165) is 33.4 Å². The number of fused-ring (bicyclic) bond motifs is 1. The molecular formula is C24H27NO3. The van der Waals surface area contributed by atoms with E-state index < -0.39 is 0 Å². The average molecular weight is 377 g/mol. The van der Waals surface area contributed by atoms with Gasteiger partial charge in [-0.05, 0) is 47.6 Å². The first-order valence-corrected chi connectivity index (χ1v) is 9.58. The third-order valence-electron chi connectivity index (χ3n) is 4.84. The Morgan fingerprint density at radius 2 is 1.79 bits per heavy atom. The Labute approximate surface area is 166 Å². The maximum Gasteiger partial charge on any atom is 0.251 e. The molecule has 0 heterocycles. The van der Waals surface area contributed by atoms with Crippen molar-refractivity contribution in [2.75, 3.05) is 20.3 Å². The van der Waals surface area contributed by atoms with Crippen molar-refractivity contribution in [3.63, 3.8) is 0 Å². The molecule has 0 unspecified atom stereocenters. The third kappa shape index (κ3) is 4.28. The fourth-order valence-electron chi connectivity index (χ4n) is 3.31. The number of amides is 1. The second-order valence-corrected chi connectivity index (χ2v) is 7.15. The highest BCUT2D eigenvalue weighted by atomic mass is 16.5. The molecule has 0 bridgehead atoms. The number of carbonyl (C=O) groups is 1. The van der Waals surface area contributed by atoms with Gasteiger partial charge in [-0.25, -0.2) is 0 Å². The lowest BCUT2D eigenvalue weighted by atomic mass is 9.96. The number of carbonyl (C=O) groups excluding carboxylic acids is 1. The number of aryl methyl sites for hydroxylation is 1. The van der Waals surface area contributed by atoms with Crippen LogP contribution < -0.4 is 14.8 Å². The van der Waals surface area contributed by atoms with Gasteiger partial charge in [0.25, 0.3) is 5.91 Å². The summed E-state index contributed by atoms with van der Waals surface area (Å²) in [5.74, 6) is 1.83. The Hall–Kier alpha value is -3.01. The molecule has 0 saturated carbocycles. The van der Waals surface area contributed by atoms with Gasteiger partial charge >= 0.3 is 0 Å². The maximum absolute atomic E-state index is 12.7. The Morgan fingerprint density at radius 3 is 2.54 bits per heavy atom. The first-order chi connectivity index (χ1) is 13.5. The summed E-state index contributed by atoms with van der Waals surface area (Å²) in [6.07, 6.45) is 0. The van der Waals surface area contributed by atoms with Crippen molar-refractivity contribution in [3.05, 3.63) is 71.3 Å².